The van der Waals surface area contributed by atoms with Crippen molar-refractivity contribution < 1.29 is 19.2 Å². The molecule has 2 saturated heterocycles. The zero-order valence-corrected chi connectivity index (χ0v) is 29.8. The number of halogens is 1. The summed E-state index contributed by atoms with van der Waals surface area (Å²) in [4.78, 5) is 59.4. The average molecular weight is 782 g/mol. The van der Waals surface area contributed by atoms with Crippen molar-refractivity contribution in [2.45, 2.75) is 50.6 Å². The second kappa shape index (κ2) is 16.6. The number of benzene rings is 3. The van der Waals surface area contributed by atoms with Crippen molar-refractivity contribution in [3.8, 4) is 11.3 Å². The maximum atomic E-state index is 13.4. The fraction of sp³-hybridized carbons (Fsp3) is 0.250. The topological polar surface area (TPSA) is 115 Å². The maximum absolute atomic E-state index is 13.4. The lowest BCUT2D eigenvalue weighted by Crippen LogP contribution is -2.46. The Kier molecular flexibility index (Phi) is 11.6. The highest BCUT2D eigenvalue weighted by Gasteiger charge is 2.35. The van der Waals surface area contributed by atoms with Crippen molar-refractivity contribution in [3.05, 3.63) is 130 Å². The van der Waals surface area contributed by atoms with Gasteiger partial charge in [-0.3, -0.25) is 19.2 Å². The van der Waals surface area contributed by atoms with Crippen LogP contribution in [0.2, 0.25) is 0 Å². The minimum Gasteiger partial charge on any atom is -0.361 e. The predicted molar refractivity (Wildman–Crippen MR) is 204 cm³/mol. The van der Waals surface area contributed by atoms with E-state index in [9.17, 15) is 19.2 Å². The van der Waals surface area contributed by atoms with Gasteiger partial charge in [-0.1, -0.05) is 95.4 Å². The number of aromatic amines is 1. The maximum Gasteiger partial charge on any atom is 0.247 e. The van der Waals surface area contributed by atoms with Gasteiger partial charge in [0.05, 0.1) is 12.8 Å². The van der Waals surface area contributed by atoms with Crippen molar-refractivity contribution in [2.75, 3.05) is 18.4 Å². The molecule has 256 valence electrons. The molecule has 2 aliphatic rings. The Bertz CT molecular complexity index is 1870. The molecule has 2 aliphatic heterocycles. The first-order valence-corrected chi connectivity index (χ1v) is 18.2. The van der Waals surface area contributed by atoms with E-state index in [4.69, 9.17) is 0 Å². The van der Waals surface area contributed by atoms with E-state index in [1.807, 2.05) is 113 Å². The Balaban J connectivity index is 1.06. The summed E-state index contributed by atoms with van der Waals surface area (Å²) >= 11 is 2.12. The second-order valence-corrected chi connectivity index (χ2v) is 13.3. The number of aromatic nitrogens is 1. The number of rotatable bonds is 11. The van der Waals surface area contributed by atoms with Crippen LogP contribution in [0.5, 0.6) is 0 Å². The molecule has 0 radical (unpaired) electrons. The molecular weight excluding hydrogens is 741 g/mol. The second-order valence-electron chi connectivity index (χ2n) is 12.6. The number of amides is 4. The summed E-state index contributed by atoms with van der Waals surface area (Å²) in [5, 5.41) is 6.03. The van der Waals surface area contributed by atoms with E-state index in [1.165, 1.54) is 0 Å². The Morgan fingerprint density at radius 3 is 1.88 bits per heavy atom. The number of hydrogen-bond acceptors (Lipinski definition) is 4. The van der Waals surface area contributed by atoms with Crippen LogP contribution >= 0.6 is 22.6 Å². The third-order valence-electron chi connectivity index (χ3n) is 9.15. The van der Waals surface area contributed by atoms with Gasteiger partial charge in [0.2, 0.25) is 23.6 Å². The van der Waals surface area contributed by atoms with Crippen molar-refractivity contribution in [3.63, 3.8) is 0 Å². The molecule has 0 bridgehead atoms. The normalized spacial score (nSPS) is 17.7. The van der Waals surface area contributed by atoms with E-state index in [1.54, 1.807) is 9.80 Å². The highest BCUT2D eigenvalue weighted by atomic mass is 127. The fourth-order valence-corrected chi connectivity index (χ4v) is 7.03. The monoisotopic (exact) mass is 781 g/mol. The van der Waals surface area contributed by atoms with Crippen LogP contribution in [0, 0.1) is 0 Å². The van der Waals surface area contributed by atoms with Crippen LogP contribution in [-0.2, 0) is 32.0 Å². The highest BCUT2D eigenvalue weighted by molar-refractivity contribution is 14.1. The van der Waals surface area contributed by atoms with Gasteiger partial charge in [0.25, 0.3) is 0 Å². The number of carbonyl (C=O) groups excluding carboxylic acids is 4. The Hall–Kier alpha value is -4.97. The summed E-state index contributed by atoms with van der Waals surface area (Å²) in [7, 11) is 0. The summed E-state index contributed by atoms with van der Waals surface area (Å²) in [6.45, 7) is 1.15. The number of hydrogen-bond donors (Lipinski definition) is 3. The molecule has 4 aromatic rings. The van der Waals surface area contributed by atoms with Gasteiger partial charge >= 0.3 is 0 Å². The number of anilines is 1. The van der Waals surface area contributed by atoms with E-state index in [0.29, 0.717) is 37.3 Å². The van der Waals surface area contributed by atoms with Crippen LogP contribution in [0.15, 0.2) is 113 Å². The van der Waals surface area contributed by atoms with Crippen LogP contribution in [0.1, 0.15) is 42.4 Å². The van der Waals surface area contributed by atoms with Gasteiger partial charge in [0, 0.05) is 36.4 Å². The largest absolute Gasteiger partial charge is 0.361 e. The quantitative estimate of drug-likeness (QED) is 0.119. The van der Waals surface area contributed by atoms with Crippen LogP contribution in [0.25, 0.3) is 17.3 Å². The molecule has 2 atom stereocenters. The van der Waals surface area contributed by atoms with Gasteiger partial charge in [0.1, 0.15) is 12.1 Å². The van der Waals surface area contributed by atoms with Gasteiger partial charge in [-0.15, -0.1) is 0 Å². The minimum atomic E-state index is -0.510. The molecule has 0 spiro atoms. The molecule has 1 aromatic heterocycles. The molecule has 10 heteroatoms. The first kappa shape index (κ1) is 34.9. The number of H-pyrrole nitrogens is 1. The summed E-state index contributed by atoms with van der Waals surface area (Å²) in [6, 6.07) is 27.7. The molecule has 50 heavy (non-hydrogen) atoms. The molecule has 9 nitrogen and oxygen atoms in total. The number of nitrogens with zero attached hydrogens (tertiary/aromatic N) is 2. The van der Waals surface area contributed by atoms with Crippen molar-refractivity contribution >= 4 is 58.0 Å². The van der Waals surface area contributed by atoms with Gasteiger partial charge in [-0.05, 0) is 82.4 Å². The van der Waals surface area contributed by atoms with Crippen LogP contribution < -0.4 is 10.6 Å². The summed E-state index contributed by atoms with van der Waals surface area (Å²) < 4.78 is 1.83. The lowest BCUT2D eigenvalue weighted by Gasteiger charge is -2.24. The molecule has 3 heterocycles. The SMILES string of the molecule is O=C(NC(/C=C\I)=C/c1c[nH]c(-c2ccc(NC(=O)[C@@H]3CCCN3C(=O)Cc3ccccc3)cc2)c1)[C@@H]1CCCN1C(=O)Cc1ccccc1. The molecule has 3 aromatic carbocycles. The van der Waals surface area contributed by atoms with Gasteiger partial charge in [0.15, 0.2) is 0 Å². The number of carbonyl (C=O) groups is 4. The Morgan fingerprint density at radius 2 is 1.32 bits per heavy atom. The lowest BCUT2D eigenvalue weighted by molar-refractivity contribution is -0.137. The fourth-order valence-electron chi connectivity index (χ4n) is 6.64. The molecule has 0 saturated carbocycles. The molecule has 0 aliphatic carbocycles. The molecule has 4 amide bonds. The minimum absolute atomic E-state index is 0.0352. The molecule has 2 fully saturated rings. The van der Waals surface area contributed by atoms with Crippen molar-refractivity contribution in [1.82, 2.24) is 20.1 Å². The van der Waals surface area contributed by atoms with E-state index in [-0.39, 0.29) is 36.5 Å². The standard InChI is InChI=1S/C40H40IN5O4/c41-20-19-33(44-40(50)36-14-8-22-46(36)38(48)26-29-11-5-2-6-12-29)23-30-24-34(42-27-30)31-15-17-32(18-16-31)43-39(49)35-13-7-21-45(35)37(47)25-28-9-3-1-4-10-28/h1-6,9-12,15-20,23-24,27,35-36,42H,7-8,13-14,21-22,25-26H2,(H,43,49)(H,44,50)/b20-19-,33-23+/t35-,36-/m0/s1. The van der Waals surface area contributed by atoms with E-state index < -0.39 is 12.1 Å². The van der Waals surface area contributed by atoms with E-state index in [2.05, 4.69) is 38.2 Å². The summed E-state index contributed by atoms with van der Waals surface area (Å²) in [6.07, 6.45) is 9.00. The van der Waals surface area contributed by atoms with Gasteiger partial charge in [-0.25, -0.2) is 0 Å². The number of allylic oxidation sites excluding steroid dienone is 1. The molecular formula is C40H40IN5O4. The van der Waals surface area contributed by atoms with E-state index >= 15 is 0 Å². The average Bonchev–Trinajstić information content (AvgIpc) is 3.91. The Morgan fingerprint density at radius 1 is 0.760 bits per heavy atom. The summed E-state index contributed by atoms with van der Waals surface area (Å²) in [5.74, 6) is -0.450. The summed E-state index contributed by atoms with van der Waals surface area (Å²) in [5.41, 5.74) is 5.83. The van der Waals surface area contributed by atoms with Crippen LogP contribution in [-0.4, -0.2) is 63.6 Å². The third-order valence-corrected chi connectivity index (χ3v) is 9.51. The van der Waals surface area contributed by atoms with Crippen LogP contribution in [0.3, 0.4) is 0 Å². The number of likely N-dealkylation sites (tertiary alicyclic amines) is 2. The van der Waals surface area contributed by atoms with Gasteiger partial charge < -0.3 is 25.4 Å². The molecule has 0 unspecified atom stereocenters. The van der Waals surface area contributed by atoms with E-state index in [0.717, 1.165) is 40.8 Å². The molecule has 6 rings (SSSR count). The predicted octanol–water partition coefficient (Wildman–Crippen LogP) is 6.49. The lowest BCUT2D eigenvalue weighted by atomic mass is 10.1. The highest BCUT2D eigenvalue weighted by Crippen LogP contribution is 2.25. The third kappa shape index (κ3) is 8.78. The molecule has 3 N–H and O–H groups in total. The van der Waals surface area contributed by atoms with Crippen LogP contribution in [0.4, 0.5) is 5.69 Å². The van der Waals surface area contributed by atoms with Gasteiger partial charge in [-0.2, -0.15) is 0 Å². The first-order chi connectivity index (χ1) is 24.4. The first-order valence-electron chi connectivity index (χ1n) is 16.9. The smallest absolute Gasteiger partial charge is 0.247 e. The van der Waals surface area contributed by atoms with Crippen molar-refractivity contribution in [2.24, 2.45) is 0 Å². The zero-order chi connectivity index (χ0) is 34.9. The number of nitrogens with one attached hydrogen (secondary N) is 3. The van der Waals surface area contributed by atoms with Crippen molar-refractivity contribution in [1.29, 1.82) is 0 Å². The Labute approximate surface area is 306 Å². The zero-order valence-electron chi connectivity index (χ0n) is 27.7.